The Bertz CT molecular complexity index is 601. The van der Waals surface area contributed by atoms with Crippen molar-refractivity contribution in [3.63, 3.8) is 0 Å². The molecule has 21 heavy (non-hydrogen) atoms. The Balaban J connectivity index is 2.96. The first-order valence-electron chi connectivity index (χ1n) is 6.75. The fraction of sp³-hybridized carbons (Fsp3) is 0.500. The van der Waals surface area contributed by atoms with Crippen molar-refractivity contribution >= 4 is 25.6 Å². The van der Waals surface area contributed by atoms with Gasteiger partial charge in [-0.1, -0.05) is 13.0 Å². The van der Waals surface area contributed by atoms with Crippen LogP contribution in [0.4, 0.5) is 0 Å². The van der Waals surface area contributed by atoms with Crippen LogP contribution in [0.3, 0.4) is 0 Å². The predicted octanol–water partition coefficient (Wildman–Crippen LogP) is 2.33. The van der Waals surface area contributed by atoms with E-state index in [0.717, 1.165) is 0 Å². The summed E-state index contributed by atoms with van der Waals surface area (Å²) >= 11 is 0. The predicted molar refractivity (Wildman–Crippen MR) is 82.3 cm³/mol. The standard InChI is InChI=1S/C14H20ClNO4S/c1-4-11-6-7-12(8-13(11)21(15,18)19)14(17)16-10(3)9-20-5-2/h6-8,10H,4-5,9H2,1-3H3,(H,16,17). The summed E-state index contributed by atoms with van der Waals surface area (Å²) in [4.78, 5) is 12.1. The second kappa shape index (κ2) is 7.77. The molecule has 1 aromatic rings. The van der Waals surface area contributed by atoms with E-state index >= 15 is 0 Å². The molecule has 0 aliphatic carbocycles. The van der Waals surface area contributed by atoms with E-state index in [0.29, 0.717) is 25.2 Å². The minimum absolute atomic E-state index is 0.0169. The van der Waals surface area contributed by atoms with Crippen molar-refractivity contribution in [2.75, 3.05) is 13.2 Å². The molecule has 1 aromatic carbocycles. The van der Waals surface area contributed by atoms with Crippen LogP contribution in [-0.4, -0.2) is 33.6 Å². The van der Waals surface area contributed by atoms with Crippen LogP contribution >= 0.6 is 10.7 Å². The lowest BCUT2D eigenvalue weighted by Gasteiger charge is -2.14. The Morgan fingerprint density at radius 2 is 2.05 bits per heavy atom. The maximum absolute atomic E-state index is 12.1. The molecule has 0 saturated carbocycles. The topological polar surface area (TPSA) is 72.5 Å². The van der Waals surface area contributed by atoms with Gasteiger partial charge >= 0.3 is 0 Å². The van der Waals surface area contributed by atoms with Crippen LogP contribution in [0.5, 0.6) is 0 Å². The number of benzene rings is 1. The number of carbonyl (C=O) groups is 1. The van der Waals surface area contributed by atoms with Crippen molar-refractivity contribution in [2.45, 2.75) is 38.1 Å². The van der Waals surface area contributed by atoms with Crippen molar-refractivity contribution in [2.24, 2.45) is 0 Å². The number of hydrogen-bond donors (Lipinski definition) is 1. The Labute approximate surface area is 130 Å². The third kappa shape index (κ3) is 5.30. The summed E-state index contributed by atoms with van der Waals surface area (Å²) in [5.74, 6) is -0.355. The average molecular weight is 334 g/mol. The smallest absolute Gasteiger partial charge is 0.261 e. The van der Waals surface area contributed by atoms with Gasteiger partial charge in [-0.2, -0.15) is 0 Å². The summed E-state index contributed by atoms with van der Waals surface area (Å²) in [6.07, 6.45) is 0.518. The van der Waals surface area contributed by atoms with E-state index in [1.807, 2.05) is 20.8 Å². The highest BCUT2D eigenvalue weighted by Gasteiger charge is 2.18. The van der Waals surface area contributed by atoms with Crippen LogP contribution in [0.1, 0.15) is 36.7 Å². The van der Waals surface area contributed by atoms with Crippen LogP contribution in [0.25, 0.3) is 0 Å². The van der Waals surface area contributed by atoms with E-state index in [1.54, 1.807) is 12.1 Å². The normalized spacial score (nSPS) is 13.0. The maximum Gasteiger partial charge on any atom is 0.261 e. The lowest BCUT2D eigenvalue weighted by molar-refractivity contribution is 0.0872. The molecule has 0 bridgehead atoms. The molecular formula is C14H20ClNO4S. The molecule has 0 radical (unpaired) electrons. The van der Waals surface area contributed by atoms with Gasteiger partial charge in [0.15, 0.2) is 0 Å². The second-order valence-corrected chi connectivity index (χ2v) is 7.18. The minimum Gasteiger partial charge on any atom is -0.380 e. The van der Waals surface area contributed by atoms with E-state index < -0.39 is 9.05 Å². The number of carbonyl (C=O) groups excluding carboxylic acids is 1. The summed E-state index contributed by atoms with van der Waals surface area (Å²) in [7, 11) is 1.54. The Hall–Kier alpha value is -1.11. The largest absolute Gasteiger partial charge is 0.380 e. The zero-order valence-electron chi connectivity index (χ0n) is 12.3. The van der Waals surface area contributed by atoms with Gasteiger partial charge in [-0.05, 0) is 38.0 Å². The van der Waals surface area contributed by atoms with E-state index in [1.165, 1.54) is 6.07 Å². The van der Waals surface area contributed by atoms with Gasteiger partial charge in [-0.3, -0.25) is 4.79 Å². The molecule has 0 aliphatic heterocycles. The fourth-order valence-electron chi connectivity index (χ4n) is 1.86. The SMILES string of the molecule is CCOCC(C)NC(=O)c1ccc(CC)c(S(=O)(=O)Cl)c1. The Morgan fingerprint density at radius 1 is 1.38 bits per heavy atom. The van der Waals surface area contributed by atoms with Crippen molar-refractivity contribution in [3.8, 4) is 0 Å². The molecule has 1 unspecified atom stereocenters. The quantitative estimate of drug-likeness (QED) is 0.777. The molecule has 0 heterocycles. The summed E-state index contributed by atoms with van der Waals surface area (Å²) in [5.41, 5.74) is 0.846. The lowest BCUT2D eigenvalue weighted by atomic mass is 10.1. The molecule has 1 amide bonds. The molecule has 1 rings (SSSR count). The highest BCUT2D eigenvalue weighted by molar-refractivity contribution is 8.13. The maximum atomic E-state index is 12.1. The molecule has 5 nitrogen and oxygen atoms in total. The number of hydrogen-bond acceptors (Lipinski definition) is 4. The van der Waals surface area contributed by atoms with Crippen LogP contribution in [0, 0.1) is 0 Å². The van der Waals surface area contributed by atoms with Crippen molar-refractivity contribution < 1.29 is 17.9 Å². The van der Waals surface area contributed by atoms with Crippen LogP contribution in [0.2, 0.25) is 0 Å². The summed E-state index contributed by atoms with van der Waals surface area (Å²) in [6.45, 7) is 6.48. The van der Waals surface area contributed by atoms with Gasteiger partial charge in [-0.25, -0.2) is 8.42 Å². The third-order valence-corrected chi connectivity index (χ3v) is 4.33. The van der Waals surface area contributed by atoms with Crippen LogP contribution in [-0.2, 0) is 20.2 Å². The zero-order chi connectivity index (χ0) is 16.0. The highest BCUT2D eigenvalue weighted by Crippen LogP contribution is 2.22. The molecule has 0 saturated heterocycles. The number of nitrogens with one attached hydrogen (secondary N) is 1. The summed E-state index contributed by atoms with van der Waals surface area (Å²) in [6, 6.07) is 4.34. The summed E-state index contributed by atoms with van der Waals surface area (Å²) in [5, 5.41) is 2.75. The van der Waals surface area contributed by atoms with Crippen LogP contribution in [0.15, 0.2) is 23.1 Å². The number of amides is 1. The van der Waals surface area contributed by atoms with E-state index in [-0.39, 0.29) is 22.4 Å². The molecule has 1 atom stereocenters. The first-order chi connectivity index (χ1) is 9.79. The minimum atomic E-state index is -3.88. The summed E-state index contributed by atoms with van der Waals surface area (Å²) < 4.78 is 28.3. The van der Waals surface area contributed by atoms with Gasteiger partial charge in [-0.15, -0.1) is 0 Å². The van der Waals surface area contributed by atoms with Crippen molar-refractivity contribution in [1.29, 1.82) is 0 Å². The Morgan fingerprint density at radius 3 is 2.57 bits per heavy atom. The van der Waals surface area contributed by atoms with Crippen LogP contribution < -0.4 is 5.32 Å². The molecular weight excluding hydrogens is 314 g/mol. The monoisotopic (exact) mass is 333 g/mol. The highest BCUT2D eigenvalue weighted by atomic mass is 35.7. The van der Waals surface area contributed by atoms with Crippen molar-refractivity contribution in [3.05, 3.63) is 29.3 Å². The molecule has 0 aromatic heterocycles. The molecule has 7 heteroatoms. The first-order valence-corrected chi connectivity index (χ1v) is 9.06. The van der Waals surface area contributed by atoms with Crippen molar-refractivity contribution in [1.82, 2.24) is 5.32 Å². The molecule has 0 spiro atoms. The average Bonchev–Trinajstić information content (AvgIpc) is 2.43. The Kier molecular flexibility index (Phi) is 6.64. The second-order valence-electron chi connectivity index (χ2n) is 4.65. The van der Waals surface area contributed by atoms with E-state index in [9.17, 15) is 13.2 Å². The van der Waals surface area contributed by atoms with E-state index in [2.05, 4.69) is 5.32 Å². The van der Waals surface area contributed by atoms with E-state index in [4.69, 9.17) is 15.4 Å². The fourth-order valence-corrected chi connectivity index (χ4v) is 3.08. The van der Waals surface area contributed by atoms with Gasteiger partial charge < -0.3 is 10.1 Å². The van der Waals surface area contributed by atoms with Gasteiger partial charge in [0, 0.05) is 28.9 Å². The third-order valence-electron chi connectivity index (χ3n) is 2.92. The molecule has 0 fully saturated rings. The zero-order valence-corrected chi connectivity index (χ0v) is 13.9. The van der Waals surface area contributed by atoms with Gasteiger partial charge in [0.1, 0.15) is 0 Å². The number of halogens is 1. The molecule has 1 N–H and O–H groups in total. The molecule has 0 aliphatic rings. The lowest BCUT2D eigenvalue weighted by Crippen LogP contribution is -2.36. The molecule has 118 valence electrons. The first kappa shape index (κ1) is 17.9. The number of ether oxygens (including phenoxy) is 1. The van der Waals surface area contributed by atoms with Gasteiger partial charge in [0.05, 0.1) is 11.5 Å². The van der Waals surface area contributed by atoms with Gasteiger partial charge in [0.2, 0.25) is 0 Å². The van der Waals surface area contributed by atoms with Gasteiger partial charge in [0.25, 0.3) is 15.0 Å². The number of aryl methyl sites for hydroxylation is 1. The number of rotatable bonds is 7.